The lowest BCUT2D eigenvalue weighted by molar-refractivity contribution is 0.322. The van der Waals surface area contributed by atoms with E-state index in [1.165, 1.54) is 6.21 Å². The van der Waals surface area contributed by atoms with E-state index in [9.17, 15) is 0 Å². The van der Waals surface area contributed by atoms with Crippen molar-refractivity contribution in [3.05, 3.63) is 23.8 Å². The van der Waals surface area contributed by atoms with Gasteiger partial charge < -0.3 is 10.9 Å². The Balaban J connectivity index is 2.63. The van der Waals surface area contributed by atoms with Crippen molar-refractivity contribution < 1.29 is 5.21 Å². The van der Waals surface area contributed by atoms with E-state index in [1.54, 1.807) is 12.1 Å². The van der Waals surface area contributed by atoms with Crippen LogP contribution < -0.4 is 5.73 Å². The first-order valence-corrected chi connectivity index (χ1v) is 3.72. The monoisotopic (exact) mass is 176 g/mol. The molecule has 0 atom stereocenters. The van der Waals surface area contributed by atoms with Gasteiger partial charge in [0.1, 0.15) is 0 Å². The lowest BCUT2D eigenvalue weighted by Crippen LogP contribution is -1.84. The summed E-state index contributed by atoms with van der Waals surface area (Å²) in [4.78, 5) is 0. The Hall–Kier alpha value is -2.04. The first kappa shape index (κ1) is 7.60. The smallest absolute Gasteiger partial charge is 0.153 e. The number of oxime groups is 1. The largest absolute Gasteiger partial charge is 0.411 e. The summed E-state index contributed by atoms with van der Waals surface area (Å²) >= 11 is 0. The number of hydrogen-bond acceptors (Lipinski definition) is 4. The van der Waals surface area contributed by atoms with Gasteiger partial charge in [-0.3, -0.25) is 5.10 Å². The number of rotatable bonds is 1. The summed E-state index contributed by atoms with van der Waals surface area (Å²) in [6, 6.07) is 5.43. The predicted molar refractivity (Wildman–Crippen MR) is 49.9 cm³/mol. The van der Waals surface area contributed by atoms with Crippen LogP contribution >= 0.6 is 0 Å². The fourth-order valence-electron chi connectivity index (χ4n) is 1.21. The Morgan fingerprint density at radius 3 is 3.15 bits per heavy atom. The topological polar surface area (TPSA) is 87.3 Å². The zero-order valence-electron chi connectivity index (χ0n) is 6.73. The van der Waals surface area contributed by atoms with E-state index < -0.39 is 0 Å². The molecule has 0 spiro atoms. The number of nitrogen functional groups attached to an aromatic ring is 1. The Bertz CT molecular complexity index is 460. The van der Waals surface area contributed by atoms with Crippen molar-refractivity contribution in [2.75, 3.05) is 5.73 Å². The minimum atomic E-state index is 0.475. The van der Waals surface area contributed by atoms with Gasteiger partial charge in [-0.05, 0) is 17.7 Å². The van der Waals surface area contributed by atoms with Gasteiger partial charge >= 0.3 is 0 Å². The molecule has 5 nitrogen and oxygen atoms in total. The molecular weight excluding hydrogens is 168 g/mol. The van der Waals surface area contributed by atoms with Gasteiger partial charge in [0.15, 0.2) is 5.82 Å². The first-order valence-electron chi connectivity index (χ1n) is 3.72. The van der Waals surface area contributed by atoms with Crippen molar-refractivity contribution in [3.63, 3.8) is 0 Å². The van der Waals surface area contributed by atoms with E-state index in [2.05, 4.69) is 15.4 Å². The highest BCUT2D eigenvalue weighted by Crippen LogP contribution is 2.17. The number of nitrogens with two attached hydrogens (primary N) is 1. The van der Waals surface area contributed by atoms with E-state index in [-0.39, 0.29) is 0 Å². The van der Waals surface area contributed by atoms with Crippen molar-refractivity contribution >= 4 is 22.9 Å². The number of benzene rings is 1. The third kappa shape index (κ3) is 1.20. The summed E-state index contributed by atoms with van der Waals surface area (Å²) < 4.78 is 0. The van der Waals surface area contributed by atoms with E-state index in [0.717, 1.165) is 16.5 Å². The second-order valence-corrected chi connectivity index (χ2v) is 2.66. The van der Waals surface area contributed by atoms with Crippen molar-refractivity contribution in [1.82, 2.24) is 10.2 Å². The lowest BCUT2D eigenvalue weighted by Gasteiger charge is -1.91. The lowest BCUT2D eigenvalue weighted by atomic mass is 10.2. The number of hydrogen-bond donors (Lipinski definition) is 3. The van der Waals surface area contributed by atoms with Crippen LogP contribution in [0.4, 0.5) is 5.82 Å². The van der Waals surface area contributed by atoms with E-state index in [1.807, 2.05) is 6.07 Å². The average molecular weight is 176 g/mol. The average Bonchev–Trinajstić information content (AvgIpc) is 2.48. The molecule has 0 aliphatic rings. The fourth-order valence-corrected chi connectivity index (χ4v) is 1.21. The molecule has 1 aromatic carbocycles. The third-order valence-corrected chi connectivity index (χ3v) is 1.82. The van der Waals surface area contributed by atoms with Crippen LogP contribution in [0.25, 0.3) is 10.9 Å². The maximum atomic E-state index is 8.32. The van der Waals surface area contributed by atoms with Crippen molar-refractivity contribution in [2.24, 2.45) is 5.16 Å². The summed E-state index contributed by atoms with van der Waals surface area (Å²) in [7, 11) is 0. The molecular formula is C8H8N4O. The van der Waals surface area contributed by atoms with Gasteiger partial charge in [0.05, 0.1) is 11.7 Å². The fraction of sp³-hybridized carbons (Fsp3) is 0. The van der Waals surface area contributed by atoms with E-state index >= 15 is 0 Å². The molecule has 0 saturated carbocycles. The van der Waals surface area contributed by atoms with E-state index in [0.29, 0.717) is 5.82 Å². The molecule has 66 valence electrons. The minimum absolute atomic E-state index is 0.475. The standard InChI is InChI=1S/C8H8N4O/c9-8-6-2-1-5(4-10-13)3-7(6)11-12-8/h1-4,13H,(H3,9,11,12). The number of nitrogens with one attached hydrogen (secondary N) is 1. The normalized spacial score (nSPS) is 11.4. The summed E-state index contributed by atoms with van der Waals surface area (Å²) in [5, 5.41) is 18.7. The van der Waals surface area contributed by atoms with Crippen molar-refractivity contribution in [2.45, 2.75) is 0 Å². The quantitative estimate of drug-likeness (QED) is 0.343. The third-order valence-electron chi connectivity index (χ3n) is 1.82. The summed E-state index contributed by atoms with van der Waals surface area (Å²) in [5.41, 5.74) is 7.19. The molecule has 0 unspecified atom stereocenters. The molecule has 2 rings (SSSR count). The maximum Gasteiger partial charge on any atom is 0.153 e. The van der Waals surface area contributed by atoms with Crippen LogP contribution in [0, 0.1) is 0 Å². The Kier molecular flexibility index (Phi) is 1.63. The SMILES string of the molecule is Nc1n[nH]c2cc(C=NO)ccc12. The van der Waals surface area contributed by atoms with Crippen LogP contribution in [0.5, 0.6) is 0 Å². The van der Waals surface area contributed by atoms with Gasteiger partial charge in [-0.25, -0.2) is 0 Å². The minimum Gasteiger partial charge on any atom is -0.411 e. The molecule has 1 aromatic heterocycles. The highest BCUT2D eigenvalue weighted by atomic mass is 16.4. The van der Waals surface area contributed by atoms with Crippen LogP contribution in [0.3, 0.4) is 0 Å². The second kappa shape index (κ2) is 2.78. The molecule has 1 heterocycles. The number of fused-ring (bicyclic) bond motifs is 1. The zero-order chi connectivity index (χ0) is 9.26. The molecule has 0 fully saturated rings. The molecule has 0 bridgehead atoms. The Morgan fingerprint density at radius 1 is 1.54 bits per heavy atom. The Labute approximate surface area is 73.9 Å². The zero-order valence-corrected chi connectivity index (χ0v) is 6.73. The van der Waals surface area contributed by atoms with Crippen LogP contribution in [0.2, 0.25) is 0 Å². The number of nitrogens with zero attached hydrogens (tertiary/aromatic N) is 2. The number of anilines is 1. The first-order chi connectivity index (χ1) is 6.31. The molecule has 0 aliphatic carbocycles. The predicted octanol–water partition coefficient (Wildman–Crippen LogP) is 0.953. The highest BCUT2D eigenvalue weighted by Gasteiger charge is 2.00. The van der Waals surface area contributed by atoms with E-state index in [4.69, 9.17) is 10.9 Å². The maximum absolute atomic E-state index is 8.32. The molecule has 5 heteroatoms. The van der Waals surface area contributed by atoms with Crippen LogP contribution in [0.1, 0.15) is 5.56 Å². The molecule has 0 aliphatic heterocycles. The van der Waals surface area contributed by atoms with Crippen LogP contribution in [-0.2, 0) is 0 Å². The van der Waals surface area contributed by atoms with Crippen LogP contribution in [-0.4, -0.2) is 21.6 Å². The number of aromatic nitrogens is 2. The van der Waals surface area contributed by atoms with Gasteiger partial charge in [0.25, 0.3) is 0 Å². The van der Waals surface area contributed by atoms with Gasteiger partial charge in [-0.2, -0.15) is 5.10 Å². The number of aromatic amines is 1. The molecule has 13 heavy (non-hydrogen) atoms. The molecule has 2 aromatic rings. The van der Waals surface area contributed by atoms with Crippen molar-refractivity contribution in [1.29, 1.82) is 0 Å². The summed E-state index contributed by atoms with van der Waals surface area (Å²) in [6.07, 6.45) is 1.34. The molecule has 4 N–H and O–H groups in total. The molecule has 0 amide bonds. The van der Waals surface area contributed by atoms with Gasteiger partial charge in [-0.1, -0.05) is 11.2 Å². The van der Waals surface area contributed by atoms with Crippen molar-refractivity contribution in [3.8, 4) is 0 Å². The van der Waals surface area contributed by atoms with Gasteiger partial charge in [0, 0.05) is 5.39 Å². The Morgan fingerprint density at radius 2 is 2.38 bits per heavy atom. The second-order valence-electron chi connectivity index (χ2n) is 2.66. The van der Waals surface area contributed by atoms with Gasteiger partial charge in [-0.15, -0.1) is 0 Å². The number of H-pyrrole nitrogens is 1. The summed E-state index contributed by atoms with van der Waals surface area (Å²) in [5.74, 6) is 0.475. The van der Waals surface area contributed by atoms with Gasteiger partial charge in [0.2, 0.25) is 0 Å². The van der Waals surface area contributed by atoms with Crippen LogP contribution in [0.15, 0.2) is 23.4 Å². The summed E-state index contributed by atoms with van der Waals surface area (Å²) in [6.45, 7) is 0. The molecule has 0 radical (unpaired) electrons. The highest BCUT2D eigenvalue weighted by molar-refractivity contribution is 5.93. The molecule has 0 saturated heterocycles.